The summed E-state index contributed by atoms with van der Waals surface area (Å²) in [7, 11) is 0. The second-order valence-corrected chi connectivity index (χ2v) is 9.47. The van der Waals surface area contributed by atoms with Crippen molar-refractivity contribution in [3.63, 3.8) is 0 Å². The summed E-state index contributed by atoms with van der Waals surface area (Å²) in [4.78, 5) is 0. The van der Waals surface area contributed by atoms with E-state index in [0.717, 1.165) is 16.5 Å². The summed E-state index contributed by atoms with van der Waals surface area (Å²) in [6, 6.07) is 10.5. The lowest BCUT2D eigenvalue weighted by molar-refractivity contribution is -0.153. The maximum atomic E-state index is 12.5. The Labute approximate surface area is 216 Å². The predicted octanol–water partition coefficient (Wildman–Crippen LogP) is 4.28. The Bertz CT molecular complexity index is 1140. The number of ether oxygens (including phenoxy) is 2. The standard InChI is InChI=1S/C25H31BrF3N3O4/c1-16(31-6-10-35-22-14-19(26)3-4-21(22)36-15-25(27,28)29)11-17-12-18-5-8-32(7-2-9-33)23(18)20(13-17)24(30)34/h3-5,8,12-14,16,24,31,33-34H,2,6-7,9-11,15,30H2,1H3. The quantitative estimate of drug-likeness (QED) is 0.180. The van der Waals surface area contributed by atoms with Gasteiger partial charge in [-0.15, -0.1) is 0 Å². The van der Waals surface area contributed by atoms with Gasteiger partial charge in [-0.1, -0.05) is 15.9 Å². The van der Waals surface area contributed by atoms with Crippen LogP contribution in [-0.2, 0) is 13.0 Å². The number of nitrogens with two attached hydrogens (primary N) is 1. The first-order valence-corrected chi connectivity index (χ1v) is 12.4. The molecule has 0 radical (unpaired) electrons. The molecule has 2 atom stereocenters. The third kappa shape index (κ3) is 8.10. The number of nitrogens with one attached hydrogen (secondary N) is 1. The van der Waals surface area contributed by atoms with Crippen molar-refractivity contribution in [3.05, 3.63) is 58.2 Å². The highest BCUT2D eigenvalue weighted by Crippen LogP contribution is 2.32. The molecule has 0 aliphatic rings. The van der Waals surface area contributed by atoms with Gasteiger partial charge in [-0.2, -0.15) is 13.2 Å². The maximum absolute atomic E-state index is 12.5. The van der Waals surface area contributed by atoms with Gasteiger partial charge in [-0.3, -0.25) is 0 Å². The van der Waals surface area contributed by atoms with Crippen LogP contribution in [0.1, 0.15) is 30.7 Å². The lowest BCUT2D eigenvalue weighted by atomic mass is 10.0. The van der Waals surface area contributed by atoms with Gasteiger partial charge in [0, 0.05) is 47.4 Å². The minimum Gasteiger partial charge on any atom is -0.488 e. The highest BCUT2D eigenvalue weighted by atomic mass is 79.9. The van der Waals surface area contributed by atoms with E-state index in [4.69, 9.17) is 20.3 Å². The van der Waals surface area contributed by atoms with Crippen LogP contribution in [-0.4, -0.2) is 53.4 Å². The zero-order chi connectivity index (χ0) is 26.3. The Morgan fingerprint density at radius 1 is 1.14 bits per heavy atom. The summed E-state index contributed by atoms with van der Waals surface area (Å²) >= 11 is 3.29. The van der Waals surface area contributed by atoms with E-state index in [1.807, 2.05) is 29.8 Å². The van der Waals surface area contributed by atoms with Crippen LogP contribution in [0.4, 0.5) is 13.2 Å². The van der Waals surface area contributed by atoms with E-state index in [9.17, 15) is 18.3 Å². The van der Waals surface area contributed by atoms with Gasteiger partial charge in [0.15, 0.2) is 18.1 Å². The van der Waals surface area contributed by atoms with E-state index in [0.29, 0.717) is 36.0 Å². The fraction of sp³-hybridized carbons (Fsp3) is 0.440. The van der Waals surface area contributed by atoms with Gasteiger partial charge in [0.2, 0.25) is 0 Å². The molecule has 0 aliphatic carbocycles. The highest BCUT2D eigenvalue weighted by Gasteiger charge is 2.29. The lowest BCUT2D eigenvalue weighted by Crippen LogP contribution is -2.32. The first-order chi connectivity index (χ1) is 17.1. The van der Waals surface area contributed by atoms with Crippen molar-refractivity contribution in [1.29, 1.82) is 0 Å². The summed E-state index contributed by atoms with van der Waals surface area (Å²) in [5.74, 6) is 0.247. The molecule has 36 heavy (non-hydrogen) atoms. The Kier molecular flexibility index (Phi) is 10.0. The number of aliphatic hydroxyl groups excluding tert-OH is 2. The largest absolute Gasteiger partial charge is 0.488 e. The molecule has 0 aliphatic heterocycles. The third-order valence-electron chi connectivity index (χ3n) is 5.52. The monoisotopic (exact) mass is 573 g/mol. The molecule has 3 aromatic rings. The fourth-order valence-electron chi connectivity index (χ4n) is 3.98. The van der Waals surface area contributed by atoms with Crippen molar-refractivity contribution >= 4 is 26.8 Å². The van der Waals surface area contributed by atoms with Gasteiger partial charge in [-0.25, -0.2) is 0 Å². The zero-order valence-corrected chi connectivity index (χ0v) is 21.5. The van der Waals surface area contributed by atoms with Gasteiger partial charge >= 0.3 is 6.18 Å². The average Bonchev–Trinajstić information content (AvgIpc) is 3.21. The Morgan fingerprint density at radius 3 is 2.61 bits per heavy atom. The van der Waals surface area contributed by atoms with Gasteiger partial charge in [0.1, 0.15) is 12.8 Å². The smallest absolute Gasteiger partial charge is 0.422 e. The summed E-state index contributed by atoms with van der Waals surface area (Å²) < 4.78 is 50.7. The minimum absolute atomic E-state index is 0.0238. The van der Waals surface area contributed by atoms with Crippen LogP contribution < -0.4 is 20.5 Å². The topological polar surface area (TPSA) is 102 Å². The van der Waals surface area contributed by atoms with Crippen molar-refractivity contribution in [2.45, 2.75) is 44.8 Å². The number of nitrogens with zero attached hydrogens (tertiary/aromatic N) is 1. The molecule has 1 heterocycles. The zero-order valence-electron chi connectivity index (χ0n) is 19.9. The molecule has 0 saturated heterocycles. The average molecular weight is 574 g/mol. The summed E-state index contributed by atoms with van der Waals surface area (Å²) in [5.41, 5.74) is 8.32. The molecule has 11 heteroatoms. The minimum atomic E-state index is -4.44. The molecule has 0 saturated carbocycles. The second-order valence-electron chi connectivity index (χ2n) is 8.56. The Morgan fingerprint density at radius 2 is 1.92 bits per heavy atom. The van der Waals surface area contributed by atoms with E-state index in [1.165, 1.54) is 6.07 Å². The van der Waals surface area contributed by atoms with E-state index in [2.05, 4.69) is 27.3 Å². The summed E-state index contributed by atoms with van der Waals surface area (Å²) in [6.07, 6.45) is -2.39. The maximum Gasteiger partial charge on any atom is 0.422 e. The van der Waals surface area contributed by atoms with E-state index < -0.39 is 19.0 Å². The number of fused-ring (bicyclic) bond motifs is 1. The van der Waals surface area contributed by atoms with Crippen LogP contribution in [0, 0.1) is 0 Å². The van der Waals surface area contributed by atoms with Crippen LogP contribution >= 0.6 is 15.9 Å². The lowest BCUT2D eigenvalue weighted by Gasteiger charge is -2.18. The molecule has 0 amide bonds. The molecule has 2 aromatic carbocycles. The molecule has 2 unspecified atom stereocenters. The Balaban J connectivity index is 1.58. The molecule has 0 fully saturated rings. The van der Waals surface area contributed by atoms with Gasteiger partial charge < -0.3 is 35.3 Å². The van der Waals surface area contributed by atoms with Crippen LogP contribution in [0.3, 0.4) is 0 Å². The number of aliphatic hydroxyl groups is 2. The Hall–Kier alpha value is -2.31. The normalized spacial score (nSPS) is 13.7. The number of rotatable bonds is 13. The van der Waals surface area contributed by atoms with Crippen molar-refractivity contribution in [1.82, 2.24) is 9.88 Å². The number of alkyl halides is 3. The van der Waals surface area contributed by atoms with Crippen molar-refractivity contribution < 1.29 is 32.9 Å². The third-order valence-corrected chi connectivity index (χ3v) is 6.01. The molecule has 1 aromatic heterocycles. The first-order valence-electron chi connectivity index (χ1n) is 11.6. The first kappa shape index (κ1) is 28.3. The SMILES string of the molecule is CC(Cc1cc(C(N)O)c2c(ccn2CCCO)c1)NCCOc1cc(Br)ccc1OCC(F)(F)F. The number of halogens is 4. The molecular formula is C25H31BrF3N3O4. The highest BCUT2D eigenvalue weighted by molar-refractivity contribution is 9.10. The number of aromatic nitrogens is 1. The molecule has 0 bridgehead atoms. The number of hydrogen-bond donors (Lipinski definition) is 4. The van der Waals surface area contributed by atoms with Crippen LogP contribution in [0.5, 0.6) is 11.5 Å². The van der Waals surface area contributed by atoms with Crippen LogP contribution in [0.15, 0.2) is 47.1 Å². The molecule has 3 rings (SSSR count). The summed E-state index contributed by atoms with van der Waals surface area (Å²) in [5, 5.41) is 23.6. The van der Waals surface area contributed by atoms with Gasteiger partial charge in [0.05, 0.1) is 5.52 Å². The molecule has 0 spiro atoms. The van der Waals surface area contributed by atoms with Crippen LogP contribution in [0.25, 0.3) is 10.9 Å². The second kappa shape index (κ2) is 12.8. The number of benzene rings is 2. The molecule has 7 nitrogen and oxygen atoms in total. The fourth-order valence-corrected chi connectivity index (χ4v) is 4.32. The van der Waals surface area contributed by atoms with Crippen molar-refractivity contribution in [2.75, 3.05) is 26.4 Å². The predicted molar refractivity (Wildman–Crippen MR) is 135 cm³/mol. The molecule has 198 valence electrons. The van der Waals surface area contributed by atoms with Gasteiger partial charge in [-0.05, 0) is 61.7 Å². The number of aryl methyl sites for hydroxylation is 1. The van der Waals surface area contributed by atoms with Crippen LogP contribution in [0.2, 0.25) is 0 Å². The molecular weight excluding hydrogens is 543 g/mol. The van der Waals surface area contributed by atoms with E-state index in [-0.39, 0.29) is 30.8 Å². The number of hydrogen-bond acceptors (Lipinski definition) is 6. The van der Waals surface area contributed by atoms with Crippen molar-refractivity contribution in [3.8, 4) is 11.5 Å². The molecule has 5 N–H and O–H groups in total. The van der Waals surface area contributed by atoms with Gasteiger partial charge in [0.25, 0.3) is 0 Å². The van der Waals surface area contributed by atoms with E-state index >= 15 is 0 Å². The summed E-state index contributed by atoms with van der Waals surface area (Å²) in [6.45, 7) is 1.99. The van der Waals surface area contributed by atoms with E-state index in [1.54, 1.807) is 12.1 Å². The van der Waals surface area contributed by atoms with Crippen molar-refractivity contribution in [2.24, 2.45) is 5.73 Å².